The number of nitrogens with zero attached hydrogens (tertiary/aromatic N) is 2. The Balaban J connectivity index is 1.19. The summed E-state index contributed by atoms with van der Waals surface area (Å²) in [6.07, 6.45) is 0. The Kier molecular flexibility index (Phi) is 5.63. The van der Waals surface area contributed by atoms with E-state index in [1.165, 1.54) is 10.8 Å². The summed E-state index contributed by atoms with van der Waals surface area (Å²) >= 11 is 0. The first-order valence-electron chi connectivity index (χ1n) is 16.0. The highest BCUT2D eigenvalue weighted by atomic mass is 16.5. The molecule has 4 nitrogen and oxygen atoms in total. The van der Waals surface area contributed by atoms with Crippen LogP contribution in [0.4, 0.5) is 17.1 Å². The molecule has 0 atom stereocenters. The Bertz CT molecular complexity index is 2380. The lowest BCUT2D eigenvalue weighted by molar-refractivity contribution is 0.464. The van der Waals surface area contributed by atoms with E-state index >= 15 is 0 Å². The molecule has 220 valence electrons. The van der Waals surface area contributed by atoms with E-state index in [1.807, 2.05) is 12.1 Å². The number of fused-ring (bicyclic) bond motifs is 7. The van der Waals surface area contributed by atoms with Gasteiger partial charge in [0, 0.05) is 45.4 Å². The van der Waals surface area contributed by atoms with Crippen LogP contribution in [-0.2, 0) is 0 Å². The van der Waals surface area contributed by atoms with Gasteiger partial charge in [0.15, 0.2) is 0 Å². The first-order valence-corrected chi connectivity index (χ1v) is 16.0. The summed E-state index contributed by atoms with van der Waals surface area (Å²) in [5.41, 5.74) is 9.97. The number of para-hydroxylation sites is 5. The van der Waals surface area contributed by atoms with Crippen molar-refractivity contribution in [3.8, 4) is 28.7 Å². The number of anilines is 3. The molecule has 0 unspecified atom stereocenters. The SMILES string of the molecule is c1ccc(N(c2ccccc2)c2ccc3c(c2)c2ccccc2n3-c2cc3c4c(c2)Oc2ccccc2B4c2ccccc2O3)cc1. The van der Waals surface area contributed by atoms with Gasteiger partial charge in [0.2, 0.25) is 0 Å². The van der Waals surface area contributed by atoms with Gasteiger partial charge in [0.25, 0.3) is 6.71 Å². The lowest BCUT2D eigenvalue weighted by atomic mass is 9.35. The zero-order chi connectivity index (χ0) is 30.9. The Hall–Kier alpha value is -6.20. The predicted octanol–water partition coefficient (Wildman–Crippen LogP) is 8.98. The number of hydrogen-bond acceptors (Lipinski definition) is 3. The van der Waals surface area contributed by atoms with Gasteiger partial charge in [-0.05, 0) is 71.6 Å². The first-order chi connectivity index (χ1) is 23.3. The largest absolute Gasteiger partial charge is 0.458 e. The molecule has 0 amide bonds. The Morgan fingerprint density at radius 3 is 1.60 bits per heavy atom. The van der Waals surface area contributed by atoms with E-state index in [0.29, 0.717) is 0 Å². The smallest absolute Gasteiger partial charge is 0.260 e. The standard InChI is InChI=1S/C42H27BN2O2/c1-3-13-28(14-4-1)44(29-15-5-2-6-16-29)30-23-24-37-33(25-30)32-17-7-10-20-36(32)45(37)31-26-40-42-41(27-31)47-39-22-12-9-19-35(39)43(42)34-18-8-11-21-38(34)46-40/h1-27H. The third-order valence-electron chi connectivity index (χ3n) is 9.48. The minimum atomic E-state index is 0.0478. The van der Waals surface area contributed by atoms with E-state index in [-0.39, 0.29) is 6.71 Å². The Labute approximate surface area is 272 Å². The van der Waals surface area contributed by atoms with Crippen molar-refractivity contribution in [2.75, 3.05) is 4.90 Å². The van der Waals surface area contributed by atoms with Gasteiger partial charge < -0.3 is 18.9 Å². The quantitative estimate of drug-likeness (QED) is 0.188. The van der Waals surface area contributed by atoms with Gasteiger partial charge in [-0.1, -0.05) is 91.0 Å². The maximum absolute atomic E-state index is 6.65. The van der Waals surface area contributed by atoms with Crippen molar-refractivity contribution in [3.63, 3.8) is 0 Å². The first kappa shape index (κ1) is 26.1. The van der Waals surface area contributed by atoms with Gasteiger partial charge in [-0.15, -0.1) is 0 Å². The second kappa shape index (κ2) is 10.2. The predicted molar refractivity (Wildman–Crippen MR) is 193 cm³/mol. The van der Waals surface area contributed by atoms with Crippen molar-refractivity contribution >= 4 is 62.0 Å². The molecule has 10 rings (SSSR count). The topological polar surface area (TPSA) is 26.6 Å². The molecular weight excluding hydrogens is 575 g/mol. The molecule has 8 aromatic rings. The molecule has 5 heteroatoms. The van der Waals surface area contributed by atoms with Crippen LogP contribution in [0.1, 0.15) is 0 Å². The van der Waals surface area contributed by atoms with Crippen molar-refractivity contribution in [1.82, 2.24) is 4.57 Å². The van der Waals surface area contributed by atoms with Crippen molar-refractivity contribution in [1.29, 1.82) is 0 Å². The maximum atomic E-state index is 6.65. The van der Waals surface area contributed by atoms with Crippen LogP contribution in [-0.4, -0.2) is 11.3 Å². The van der Waals surface area contributed by atoms with E-state index in [1.54, 1.807) is 0 Å². The van der Waals surface area contributed by atoms with E-state index in [2.05, 4.69) is 161 Å². The van der Waals surface area contributed by atoms with Crippen LogP contribution < -0.4 is 30.8 Å². The van der Waals surface area contributed by atoms with Crippen LogP contribution in [0.2, 0.25) is 0 Å². The van der Waals surface area contributed by atoms with Crippen molar-refractivity contribution in [2.45, 2.75) is 0 Å². The molecular formula is C42H27BN2O2. The summed E-state index contributed by atoms with van der Waals surface area (Å²) < 4.78 is 15.6. The third-order valence-corrected chi connectivity index (χ3v) is 9.48. The highest BCUT2D eigenvalue weighted by molar-refractivity contribution is 6.98. The van der Waals surface area contributed by atoms with Crippen LogP contribution in [0.5, 0.6) is 23.0 Å². The van der Waals surface area contributed by atoms with Gasteiger partial charge in [-0.2, -0.15) is 0 Å². The van der Waals surface area contributed by atoms with Crippen molar-refractivity contribution < 1.29 is 9.47 Å². The highest BCUT2D eigenvalue weighted by Crippen LogP contribution is 2.42. The lowest BCUT2D eigenvalue weighted by Crippen LogP contribution is -2.57. The summed E-state index contributed by atoms with van der Waals surface area (Å²) in [6.45, 7) is 0.0478. The molecule has 0 N–H and O–H groups in total. The Morgan fingerprint density at radius 1 is 0.426 bits per heavy atom. The summed E-state index contributed by atoms with van der Waals surface area (Å²) in [5, 5.41) is 2.36. The second-order valence-electron chi connectivity index (χ2n) is 12.1. The average molecular weight is 603 g/mol. The summed E-state index contributed by atoms with van der Waals surface area (Å²) in [7, 11) is 0. The monoisotopic (exact) mass is 602 g/mol. The van der Waals surface area contributed by atoms with Crippen LogP contribution >= 0.6 is 0 Å². The fourth-order valence-corrected chi connectivity index (χ4v) is 7.49. The molecule has 0 fully saturated rings. The Morgan fingerprint density at radius 2 is 0.957 bits per heavy atom. The zero-order valence-electron chi connectivity index (χ0n) is 25.4. The summed E-state index contributed by atoms with van der Waals surface area (Å²) in [5.74, 6) is 3.44. The van der Waals surface area contributed by atoms with Crippen LogP contribution in [0.3, 0.4) is 0 Å². The molecule has 3 heterocycles. The third kappa shape index (κ3) is 3.96. The molecule has 0 saturated heterocycles. The average Bonchev–Trinajstić information content (AvgIpc) is 3.46. The van der Waals surface area contributed by atoms with Crippen LogP contribution in [0, 0.1) is 0 Å². The summed E-state index contributed by atoms with van der Waals surface area (Å²) in [4.78, 5) is 2.31. The van der Waals surface area contributed by atoms with Gasteiger partial charge in [0.1, 0.15) is 23.0 Å². The van der Waals surface area contributed by atoms with Crippen LogP contribution in [0.25, 0.3) is 27.5 Å². The number of ether oxygens (including phenoxy) is 2. The molecule has 2 aliphatic heterocycles. The number of rotatable bonds is 4. The van der Waals surface area contributed by atoms with Gasteiger partial charge >= 0.3 is 0 Å². The number of hydrogen-bond donors (Lipinski definition) is 0. The normalized spacial score (nSPS) is 12.6. The molecule has 0 aliphatic carbocycles. The minimum absolute atomic E-state index is 0.0478. The fraction of sp³-hybridized carbons (Fsp3) is 0. The molecule has 2 aliphatic rings. The molecule has 1 aromatic heterocycles. The number of benzene rings is 7. The lowest BCUT2D eigenvalue weighted by Gasteiger charge is -2.33. The van der Waals surface area contributed by atoms with Crippen LogP contribution in [0.15, 0.2) is 164 Å². The maximum Gasteiger partial charge on any atom is 0.260 e. The van der Waals surface area contributed by atoms with E-state index in [0.717, 1.165) is 73.2 Å². The molecule has 47 heavy (non-hydrogen) atoms. The molecule has 7 aromatic carbocycles. The number of aromatic nitrogens is 1. The van der Waals surface area contributed by atoms with E-state index in [9.17, 15) is 0 Å². The van der Waals surface area contributed by atoms with Gasteiger partial charge in [-0.3, -0.25) is 0 Å². The van der Waals surface area contributed by atoms with E-state index in [4.69, 9.17) is 9.47 Å². The zero-order valence-corrected chi connectivity index (χ0v) is 25.4. The van der Waals surface area contributed by atoms with E-state index < -0.39 is 0 Å². The minimum Gasteiger partial charge on any atom is -0.458 e. The van der Waals surface area contributed by atoms with Crippen molar-refractivity contribution in [3.05, 3.63) is 164 Å². The molecule has 0 saturated carbocycles. The second-order valence-corrected chi connectivity index (χ2v) is 12.1. The molecule has 0 radical (unpaired) electrons. The summed E-state index contributed by atoms with van der Waals surface area (Å²) in [6, 6.07) is 57.6. The van der Waals surface area contributed by atoms with Crippen molar-refractivity contribution in [2.24, 2.45) is 0 Å². The molecule has 0 spiro atoms. The van der Waals surface area contributed by atoms with Gasteiger partial charge in [0.05, 0.1) is 16.7 Å². The van der Waals surface area contributed by atoms with Gasteiger partial charge in [-0.25, -0.2) is 0 Å². The highest BCUT2D eigenvalue weighted by Gasteiger charge is 2.40. The molecule has 0 bridgehead atoms. The fourth-order valence-electron chi connectivity index (χ4n) is 7.49.